The Bertz CT molecular complexity index is 532. The molecule has 2 rings (SSSR count). The number of esters is 1. The van der Waals surface area contributed by atoms with Crippen molar-refractivity contribution < 1.29 is 22.7 Å². The number of amides is 1. The zero-order valence-electron chi connectivity index (χ0n) is 13.9. The van der Waals surface area contributed by atoms with Crippen LogP contribution < -0.4 is 0 Å². The minimum absolute atomic E-state index is 0.0989. The fourth-order valence-electron chi connectivity index (χ4n) is 3.32. The molecule has 2 saturated heterocycles. The SMILES string of the molecule is CCS(=O)(=O)N1CCC(C(=O)N2CCC(C(=O)OC)CC2)CC1. The van der Waals surface area contributed by atoms with Crippen molar-refractivity contribution in [1.82, 2.24) is 9.21 Å². The lowest BCUT2D eigenvalue weighted by atomic mass is 9.92. The van der Waals surface area contributed by atoms with Gasteiger partial charge in [-0.3, -0.25) is 9.59 Å². The summed E-state index contributed by atoms with van der Waals surface area (Å²) in [6.45, 7) is 3.63. The molecule has 2 aliphatic rings. The van der Waals surface area contributed by atoms with E-state index in [9.17, 15) is 18.0 Å². The highest BCUT2D eigenvalue weighted by Gasteiger charge is 2.34. The Balaban J connectivity index is 1.83. The molecule has 0 radical (unpaired) electrons. The molecule has 0 unspecified atom stereocenters. The molecule has 0 aromatic heterocycles. The van der Waals surface area contributed by atoms with Crippen molar-refractivity contribution in [3.63, 3.8) is 0 Å². The van der Waals surface area contributed by atoms with E-state index in [-0.39, 0.29) is 29.5 Å². The fourth-order valence-corrected chi connectivity index (χ4v) is 4.46. The van der Waals surface area contributed by atoms with Crippen LogP contribution in [0.3, 0.4) is 0 Å². The molecule has 0 atom stereocenters. The first-order valence-corrected chi connectivity index (χ1v) is 9.84. The third-order valence-electron chi connectivity index (χ3n) is 4.90. The predicted molar refractivity (Wildman–Crippen MR) is 85.1 cm³/mol. The first kappa shape index (κ1) is 18.2. The Morgan fingerprint density at radius 2 is 1.52 bits per heavy atom. The summed E-state index contributed by atoms with van der Waals surface area (Å²) in [4.78, 5) is 25.9. The Kier molecular flexibility index (Phi) is 6.02. The van der Waals surface area contributed by atoms with Gasteiger partial charge in [-0.15, -0.1) is 0 Å². The minimum Gasteiger partial charge on any atom is -0.469 e. The van der Waals surface area contributed by atoms with Crippen LogP contribution in [0.15, 0.2) is 0 Å². The lowest BCUT2D eigenvalue weighted by Crippen LogP contribution is -2.47. The van der Waals surface area contributed by atoms with E-state index in [0.717, 1.165) is 0 Å². The topological polar surface area (TPSA) is 84.0 Å². The van der Waals surface area contributed by atoms with Gasteiger partial charge in [-0.25, -0.2) is 12.7 Å². The molecule has 0 aliphatic carbocycles. The lowest BCUT2D eigenvalue weighted by molar-refractivity contribution is -0.149. The summed E-state index contributed by atoms with van der Waals surface area (Å²) in [5.41, 5.74) is 0. The molecule has 0 saturated carbocycles. The highest BCUT2D eigenvalue weighted by molar-refractivity contribution is 7.89. The Morgan fingerprint density at radius 1 is 1.00 bits per heavy atom. The van der Waals surface area contributed by atoms with Gasteiger partial charge in [0.05, 0.1) is 18.8 Å². The molecule has 2 fully saturated rings. The first-order chi connectivity index (χ1) is 10.9. The van der Waals surface area contributed by atoms with Gasteiger partial charge in [0, 0.05) is 32.1 Å². The van der Waals surface area contributed by atoms with E-state index >= 15 is 0 Å². The van der Waals surface area contributed by atoms with Crippen molar-refractivity contribution in [2.45, 2.75) is 32.6 Å². The number of carbonyl (C=O) groups is 2. The number of likely N-dealkylation sites (tertiary alicyclic amines) is 1. The van der Waals surface area contributed by atoms with Crippen LogP contribution in [0.5, 0.6) is 0 Å². The second-order valence-corrected chi connectivity index (χ2v) is 8.45. The molecule has 7 nitrogen and oxygen atoms in total. The van der Waals surface area contributed by atoms with Crippen molar-refractivity contribution >= 4 is 21.9 Å². The van der Waals surface area contributed by atoms with Crippen molar-refractivity contribution in [2.75, 3.05) is 39.0 Å². The van der Waals surface area contributed by atoms with E-state index in [1.165, 1.54) is 11.4 Å². The third kappa shape index (κ3) is 4.23. The first-order valence-electron chi connectivity index (χ1n) is 8.23. The van der Waals surface area contributed by atoms with Crippen LogP contribution in [-0.2, 0) is 24.3 Å². The normalized spacial score (nSPS) is 22.1. The molecule has 23 heavy (non-hydrogen) atoms. The van der Waals surface area contributed by atoms with Gasteiger partial charge >= 0.3 is 5.97 Å². The molecule has 1 amide bonds. The van der Waals surface area contributed by atoms with E-state index in [1.807, 2.05) is 4.90 Å². The summed E-state index contributed by atoms with van der Waals surface area (Å²) >= 11 is 0. The average Bonchev–Trinajstić information content (AvgIpc) is 2.60. The van der Waals surface area contributed by atoms with Crippen LogP contribution in [0.25, 0.3) is 0 Å². The molecule has 0 aromatic carbocycles. The standard InChI is InChI=1S/C15H26N2O5S/c1-3-23(20,21)17-10-6-12(7-11-17)14(18)16-8-4-13(5-9-16)15(19)22-2/h12-13H,3-11H2,1-2H3. The Hall–Kier alpha value is -1.15. The fraction of sp³-hybridized carbons (Fsp3) is 0.867. The zero-order valence-corrected chi connectivity index (χ0v) is 14.7. The molecular formula is C15H26N2O5S. The molecule has 2 heterocycles. The Labute approximate surface area is 138 Å². The number of sulfonamides is 1. The van der Waals surface area contributed by atoms with Crippen molar-refractivity contribution in [1.29, 1.82) is 0 Å². The van der Waals surface area contributed by atoms with Gasteiger partial charge in [0.15, 0.2) is 0 Å². The van der Waals surface area contributed by atoms with Gasteiger partial charge in [-0.2, -0.15) is 0 Å². The maximum atomic E-state index is 12.6. The predicted octanol–water partition coefficient (Wildman–Crippen LogP) is 0.460. The maximum Gasteiger partial charge on any atom is 0.308 e. The molecule has 2 aliphatic heterocycles. The molecule has 0 N–H and O–H groups in total. The van der Waals surface area contributed by atoms with Crippen LogP contribution in [0.4, 0.5) is 0 Å². The summed E-state index contributed by atoms with van der Waals surface area (Å²) in [6, 6.07) is 0. The van der Waals surface area contributed by atoms with Crippen molar-refractivity contribution in [3.05, 3.63) is 0 Å². The number of piperidine rings is 2. The number of carbonyl (C=O) groups excluding carboxylic acids is 2. The van der Waals surface area contributed by atoms with Crippen LogP contribution in [0, 0.1) is 11.8 Å². The highest BCUT2D eigenvalue weighted by Crippen LogP contribution is 2.25. The Morgan fingerprint density at radius 3 is 2.00 bits per heavy atom. The second kappa shape index (κ2) is 7.61. The van der Waals surface area contributed by atoms with Gasteiger partial charge in [-0.05, 0) is 32.6 Å². The summed E-state index contributed by atoms with van der Waals surface area (Å²) in [7, 11) is -1.77. The van der Waals surface area contributed by atoms with Gasteiger partial charge < -0.3 is 9.64 Å². The third-order valence-corrected chi connectivity index (χ3v) is 6.78. The molecular weight excluding hydrogens is 320 g/mol. The maximum absolute atomic E-state index is 12.6. The quantitative estimate of drug-likeness (QED) is 0.691. The number of ether oxygens (including phenoxy) is 1. The molecule has 0 spiro atoms. The van der Waals surface area contributed by atoms with Crippen molar-refractivity contribution in [3.8, 4) is 0 Å². The summed E-state index contributed by atoms with van der Waals surface area (Å²) in [5.74, 6) is -0.210. The number of hydrogen-bond acceptors (Lipinski definition) is 5. The number of rotatable bonds is 4. The van der Waals surface area contributed by atoms with Crippen LogP contribution in [0.1, 0.15) is 32.6 Å². The van der Waals surface area contributed by atoms with E-state index < -0.39 is 10.0 Å². The number of methoxy groups -OCH3 is 1. The monoisotopic (exact) mass is 346 g/mol. The number of nitrogens with zero attached hydrogens (tertiary/aromatic N) is 2. The van der Waals surface area contributed by atoms with Gasteiger partial charge in [0.1, 0.15) is 0 Å². The largest absolute Gasteiger partial charge is 0.469 e. The summed E-state index contributed by atoms with van der Waals surface area (Å²) in [6.07, 6.45) is 2.44. The zero-order chi connectivity index (χ0) is 17.0. The minimum atomic E-state index is -3.16. The number of hydrogen-bond donors (Lipinski definition) is 0. The highest BCUT2D eigenvalue weighted by atomic mass is 32.2. The van der Waals surface area contributed by atoms with Crippen LogP contribution in [0.2, 0.25) is 0 Å². The smallest absolute Gasteiger partial charge is 0.308 e. The van der Waals surface area contributed by atoms with Crippen LogP contribution in [-0.4, -0.2) is 68.5 Å². The van der Waals surface area contributed by atoms with Gasteiger partial charge in [0.25, 0.3) is 0 Å². The van der Waals surface area contributed by atoms with E-state index in [4.69, 9.17) is 4.74 Å². The molecule has 8 heteroatoms. The van der Waals surface area contributed by atoms with Gasteiger partial charge in [-0.1, -0.05) is 0 Å². The van der Waals surface area contributed by atoms with Gasteiger partial charge in [0.2, 0.25) is 15.9 Å². The second-order valence-electron chi connectivity index (χ2n) is 6.20. The van der Waals surface area contributed by atoms with E-state index in [0.29, 0.717) is 51.9 Å². The summed E-state index contributed by atoms with van der Waals surface area (Å²) in [5, 5.41) is 0. The van der Waals surface area contributed by atoms with Crippen LogP contribution >= 0.6 is 0 Å². The molecule has 0 bridgehead atoms. The summed E-state index contributed by atoms with van der Waals surface area (Å²) < 4.78 is 29.9. The molecule has 132 valence electrons. The van der Waals surface area contributed by atoms with Crippen molar-refractivity contribution in [2.24, 2.45) is 11.8 Å². The molecule has 0 aromatic rings. The average molecular weight is 346 g/mol. The van der Waals surface area contributed by atoms with E-state index in [2.05, 4.69) is 0 Å². The lowest BCUT2D eigenvalue weighted by Gasteiger charge is -2.36. The van der Waals surface area contributed by atoms with E-state index in [1.54, 1.807) is 6.92 Å².